The fraction of sp³-hybridized carbons (Fsp3) is 0.174. The predicted molar refractivity (Wildman–Crippen MR) is 116 cm³/mol. The zero-order valence-electron chi connectivity index (χ0n) is 17.5. The Morgan fingerprint density at radius 3 is 2.70 bits per heavy atom. The van der Waals surface area contributed by atoms with Crippen molar-refractivity contribution in [1.29, 1.82) is 0 Å². The molecule has 3 heterocycles. The molecular formula is C23H19F2N5O3. The van der Waals surface area contributed by atoms with Crippen LogP contribution in [-0.4, -0.2) is 42.9 Å². The van der Waals surface area contributed by atoms with Gasteiger partial charge in [0.25, 0.3) is 0 Å². The van der Waals surface area contributed by atoms with Crippen LogP contribution in [0.25, 0.3) is 11.0 Å². The van der Waals surface area contributed by atoms with Gasteiger partial charge in [-0.05, 0) is 30.7 Å². The van der Waals surface area contributed by atoms with Gasteiger partial charge in [0, 0.05) is 29.5 Å². The predicted octanol–water partition coefficient (Wildman–Crippen LogP) is 3.07. The molecule has 8 nitrogen and oxygen atoms in total. The fourth-order valence-electron chi connectivity index (χ4n) is 3.42. The normalized spacial score (nSPS) is 12.0. The van der Waals surface area contributed by atoms with Crippen molar-refractivity contribution in [2.45, 2.75) is 19.4 Å². The van der Waals surface area contributed by atoms with E-state index in [0.717, 1.165) is 12.1 Å². The van der Waals surface area contributed by atoms with Gasteiger partial charge >= 0.3 is 0 Å². The Labute approximate surface area is 186 Å². The van der Waals surface area contributed by atoms with Gasteiger partial charge < -0.3 is 15.0 Å². The molecule has 0 unspecified atom stereocenters. The third-order valence-electron chi connectivity index (χ3n) is 5.11. The van der Waals surface area contributed by atoms with Crippen molar-refractivity contribution in [3.63, 3.8) is 0 Å². The van der Waals surface area contributed by atoms with E-state index < -0.39 is 17.5 Å². The molecule has 0 aliphatic carbocycles. The highest BCUT2D eigenvalue weighted by molar-refractivity contribution is 6.16. The molecule has 0 saturated heterocycles. The minimum absolute atomic E-state index is 0.136. The smallest absolute Gasteiger partial charge is 0.228 e. The number of amides is 1. The van der Waals surface area contributed by atoms with Gasteiger partial charge in [-0.1, -0.05) is 6.07 Å². The molecule has 3 aromatic heterocycles. The lowest BCUT2D eigenvalue weighted by molar-refractivity contribution is -0.115. The van der Waals surface area contributed by atoms with Crippen LogP contribution in [0.2, 0.25) is 0 Å². The van der Waals surface area contributed by atoms with Crippen LogP contribution in [-0.2, 0) is 11.2 Å². The van der Waals surface area contributed by atoms with Gasteiger partial charge in [0.05, 0.1) is 36.5 Å². The summed E-state index contributed by atoms with van der Waals surface area (Å²) >= 11 is 0. The average molecular weight is 451 g/mol. The van der Waals surface area contributed by atoms with Crippen LogP contribution in [0.5, 0.6) is 0 Å². The van der Waals surface area contributed by atoms with Crippen LogP contribution in [0.15, 0.2) is 55.4 Å². The number of hydrogen-bond acceptors (Lipinski definition) is 6. The number of rotatable bonds is 7. The number of nitrogens with zero attached hydrogens (tertiary/aromatic N) is 4. The van der Waals surface area contributed by atoms with Gasteiger partial charge in [-0.2, -0.15) is 0 Å². The minimum Gasteiger partial charge on any atom is -0.394 e. The van der Waals surface area contributed by atoms with Crippen molar-refractivity contribution < 1.29 is 23.5 Å². The van der Waals surface area contributed by atoms with E-state index in [1.807, 2.05) is 0 Å². The van der Waals surface area contributed by atoms with Crippen molar-refractivity contribution in [1.82, 2.24) is 19.5 Å². The molecule has 0 aliphatic rings. The lowest BCUT2D eigenvalue weighted by Crippen LogP contribution is -2.15. The molecular weight excluding hydrogens is 432 g/mol. The highest BCUT2D eigenvalue weighted by atomic mass is 19.2. The summed E-state index contributed by atoms with van der Waals surface area (Å²) in [5, 5.41) is 12.7. The first-order chi connectivity index (χ1) is 15.9. The Bertz CT molecular complexity index is 1360. The van der Waals surface area contributed by atoms with Gasteiger partial charge in [0.2, 0.25) is 5.91 Å². The van der Waals surface area contributed by atoms with Gasteiger partial charge in [0.15, 0.2) is 17.4 Å². The van der Waals surface area contributed by atoms with E-state index in [1.54, 1.807) is 17.7 Å². The summed E-state index contributed by atoms with van der Waals surface area (Å²) in [7, 11) is 0. The summed E-state index contributed by atoms with van der Waals surface area (Å²) < 4.78 is 28.1. The molecule has 0 spiro atoms. The zero-order chi connectivity index (χ0) is 23.5. The summed E-state index contributed by atoms with van der Waals surface area (Å²) in [6.45, 7) is 1.66. The van der Waals surface area contributed by atoms with E-state index >= 15 is 0 Å². The molecule has 4 aromatic rings. The second-order valence-electron chi connectivity index (χ2n) is 7.51. The van der Waals surface area contributed by atoms with E-state index in [2.05, 4.69) is 20.3 Å². The summed E-state index contributed by atoms with van der Waals surface area (Å²) in [5.74, 6) is -2.86. The second kappa shape index (κ2) is 9.21. The molecule has 1 atom stereocenters. The molecule has 0 saturated carbocycles. The summed E-state index contributed by atoms with van der Waals surface area (Å²) in [5.41, 5.74) is 1.64. The van der Waals surface area contributed by atoms with E-state index in [9.17, 15) is 23.5 Å². The van der Waals surface area contributed by atoms with Crippen LogP contribution < -0.4 is 5.32 Å². The van der Waals surface area contributed by atoms with Gasteiger partial charge in [-0.3, -0.25) is 14.6 Å². The number of carbonyl (C=O) groups is 2. The number of halogens is 2. The number of anilines is 1. The Kier molecular flexibility index (Phi) is 6.18. The molecule has 10 heteroatoms. The first kappa shape index (κ1) is 22.2. The lowest BCUT2D eigenvalue weighted by atomic mass is 10.1. The first-order valence-electron chi connectivity index (χ1n) is 10.0. The van der Waals surface area contributed by atoms with Crippen LogP contribution in [0.4, 0.5) is 14.5 Å². The Morgan fingerprint density at radius 1 is 1.12 bits per heavy atom. The molecule has 0 aliphatic heterocycles. The van der Waals surface area contributed by atoms with Crippen molar-refractivity contribution in [3.05, 3.63) is 83.7 Å². The highest BCUT2D eigenvalue weighted by Gasteiger charge is 2.20. The summed E-state index contributed by atoms with van der Waals surface area (Å²) in [6, 6.07) is 4.40. The van der Waals surface area contributed by atoms with E-state index in [-0.39, 0.29) is 36.1 Å². The molecule has 0 bridgehead atoms. The number of nitrogens with one attached hydrogen (secondary N) is 1. The third-order valence-corrected chi connectivity index (χ3v) is 5.11. The molecule has 0 radical (unpaired) electrons. The molecule has 4 rings (SSSR count). The average Bonchev–Trinajstić information content (AvgIpc) is 3.20. The number of carbonyl (C=O) groups excluding carboxylic acids is 2. The number of fused-ring (bicyclic) bond motifs is 1. The number of pyridine rings is 1. The Balaban J connectivity index is 1.57. The van der Waals surface area contributed by atoms with E-state index in [4.69, 9.17) is 0 Å². The maximum atomic E-state index is 13.4. The number of aromatic nitrogens is 4. The van der Waals surface area contributed by atoms with E-state index in [0.29, 0.717) is 22.2 Å². The largest absolute Gasteiger partial charge is 0.394 e. The molecule has 2 N–H and O–H groups in total. The van der Waals surface area contributed by atoms with Crippen LogP contribution in [0, 0.1) is 11.6 Å². The maximum Gasteiger partial charge on any atom is 0.228 e. The molecule has 0 fully saturated rings. The van der Waals surface area contributed by atoms with Gasteiger partial charge in [-0.15, -0.1) is 0 Å². The zero-order valence-corrected chi connectivity index (χ0v) is 17.5. The van der Waals surface area contributed by atoms with Crippen LogP contribution in [0.1, 0.15) is 34.5 Å². The van der Waals surface area contributed by atoms with Crippen molar-refractivity contribution in [3.8, 4) is 0 Å². The number of aliphatic hydroxyl groups is 1. The molecule has 1 aromatic carbocycles. The van der Waals surface area contributed by atoms with E-state index in [1.165, 1.54) is 37.1 Å². The van der Waals surface area contributed by atoms with Crippen molar-refractivity contribution in [2.75, 3.05) is 11.9 Å². The van der Waals surface area contributed by atoms with Crippen molar-refractivity contribution in [2.24, 2.45) is 0 Å². The number of ketones is 1. The molecule has 168 valence electrons. The Morgan fingerprint density at radius 2 is 1.94 bits per heavy atom. The first-order valence-corrected chi connectivity index (χ1v) is 10.0. The third kappa shape index (κ3) is 4.60. The number of benzene rings is 1. The summed E-state index contributed by atoms with van der Waals surface area (Å²) in [6.07, 6.45) is 7.06. The fourth-order valence-corrected chi connectivity index (χ4v) is 3.42. The van der Waals surface area contributed by atoms with Crippen LogP contribution in [0.3, 0.4) is 0 Å². The monoisotopic (exact) mass is 451 g/mol. The minimum atomic E-state index is -1.03. The maximum absolute atomic E-state index is 13.4. The molecule has 33 heavy (non-hydrogen) atoms. The quantitative estimate of drug-likeness (QED) is 0.418. The topological polar surface area (TPSA) is 110 Å². The van der Waals surface area contributed by atoms with Crippen molar-refractivity contribution >= 4 is 28.4 Å². The SMILES string of the molecule is C[C@@H](CO)n1cc(C(=O)c2cncc(NC(=O)Cc3ccc(F)c(F)c3)c2)c2cncnc21. The lowest BCUT2D eigenvalue weighted by Gasteiger charge is -2.10. The standard InChI is InChI=1S/C23H19F2N5O3/c1-13(11-31)30-10-18(17-9-27-12-28-23(17)30)22(33)15-6-16(8-26-7-15)29-21(32)5-14-2-3-19(24)20(25)4-14/h2-4,6-10,12-13,31H,5,11H2,1H3,(H,29,32)/t13-/m0/s1. The summed E-state index contributed by atoms with van der Waals surface area (Å²) in [4.78, 5) is 37.8. The second-order valence-corrected chi connectivity index (χ2v) is 7.51. The molecule has 1 amide bonds. The Hall–Kier alpha value is -4.05. The van der Waals surface area contributed by atoms with Gasteiger partial charge in [0.1, 0.15) is 12.0 Å². The highest BCUT2D eigenvalue weighted by Crippen LogP contribution is 2.25. The number of aliphatic hydroxyl groups excluding tert-OH is 1. The van der Waals surface area contributed by atoms with Crippen LogP contribution >= 0.6 is 0 Å². The number of hydrogen-bond donors (Lipinski definition) is 2. The van der Waals surface area contributed by atoms with Gasteiger partial charge in [-0.25, -0.2) is 18.7 Å².